The molecule has 1 aromatic carbocycles. The van der Waals surface area contributed by atoms with Gasteiger partial charge in [-0.05, 0) is 55.2 Å². The van der Waals surface area contributed by atoms with Gasteiger partial charge in [-0.1, -0.05) is 46.2 Å². The van der Waals surface area contributed by atoms with E-state index in [9.17, 15) is 8.42 Å². The number of sulfonamides is 1. The van der Waals surface area contributed by atoms with Crippen molar-refractivity contribution in [1.82, 2.24) is 9.10 Å². The minimum atomic E-state index is -3.57. The van der Waals surface area contributed by atoms with Gasteiger partial charge in [0.05, 0.1) is 16.6 Å². The van der Waals surface area contributed by atoms with Crippen molar-refractivity contribution >= 4 is 33.2 Å². The molecule has 0 aliphatic rings. The Balaban J connectivity index is 0.00000123. The van der Waals surface area contributed by atoms with Crippen LogP contribution in [0, 0.1) is 0 Å². The Morgan fingerprint density at radius 2 is 1.71 bits per heavy atom. The number of benzene rings is 1. The lowest BCUT2D eigenvalue weighted by Crippen LogP contribution is -2.27. The first-order valence-electron chi connectivity index (χ1n) is 8.15. The Bertz CT molecular complexity index is 683. The number of aromatic nitrogens is 1. The number of rotatable bonds is 5. The summed E-state index contributed by atoms with van der Waals surface area (Å²) in [5, 5.41) is 0.504. The molecule has 1 aromatic heterocycles. The van der Waals surface area contributed by atoms with Gasteiger partial charge >= 0.3 is 0 Å². The highest BCUT2D eigenvalue weighted by Gasteiger charge is 2.19. The van der Waals surface area contributed by atoms with Crippen LogP contribution in [0.15, 0.2) is 35.2 Å². The lowest BCUT2D eigenvalue weighted by Gasteiger charge is -2.12. The minimum Gasteiger partial charge on any atom is -0.207 e. The van der Waals surface area contributed by atoms with Crippen LogP contribution < -0.4 is 4.72 Å². The van der Waals surface area contributed by atoms with Gasteiger partial charge in [-0.3, -0.25) is 0 Å². The van der Waals surface area contributed by atoms with E-state index in [1.165, 1.54) is 23.7 Å². The molecule has 4 nitrogen and oxygen atoms in total. The highest BCUT2D eigenvalue weighted by Crippen LogP contribution is 2.20. The molecule has 0 fully saturated rings. The Labute approximate surface area is 155 Å². The van der Waals surface area contributed by atoms with Crippen LogP contribution in [0.2, 0.25) is 5.02 Å². The number of hydrogen-bond acceptors (Lipinski definition) is 4. The molecule has 0 bridgehead atoms. The van der Waals surface area contributed by atoms with Crippen LogP contribution in [-0.2, 0) is 16.4 Å². The van der Waals surface area contributed by atoms with Crippen molar-refractivity contribution < 1.29 is 8.42 Å². The highest BCUT2D eigenvalue weighted by molar-refractivity contribution is 7.89. The van der Waals surface area contributed by atoms with Gasteiger partial charge in [0, 0.05) is 9.90 Å². The van der Waals surface area contributed by atoms with Gasteiger partial charge in [0.15, 0.2) is 0 Å². The molecular formula is C17H27ClN2O2S2. The van der Waals surface area contributed by atoms with E-state index in [0.29, 0.717) is 5.02 Å². The second kappa shape index (κ2) is 11.6. The van der Waals surface area contributed by atoms with Crippen LogP contribution in [0.4, 0.5) is 0 Å². The first-order valence-corrected chi connectivity index (χ1v) is 10.8. The second-order valence-electron chi connectivity index (χ2n) is 4.37. The Kier molecular flexibility index (Phi) is 11.1. The molecule has 7 heteroatoms. The van der Waals surface area contributed by atoms with Crippen molar-refractivity contribution in [1.29, 1.82) is 0 Å². The molecule has 1 heterocycles. The number of aryl methyl sites for hydroxylation is 1. The van der Waals surface area contributed by atoms with Gasteiger partial charge < -0.3 is 0 Å². The van der Waals surface area contributed by atoms with Gasteiger partial charge in [0.1, 0.15) is 0 Å². The summed E-state index contributed by atoms with van der Waals surface area (Å²) >= 11 is 7.16. The van der Waals surface area contributed by atoms with E-state index in [-0.39, 0.29) is 10.9 Å². The van der Waals surface area contributed by atoms with Crippen molar-refractivity contribution in [3.63, 3.8) is 0 Å². The third kappa shape index (κ3) is 6.89. The largest absolute Gasteiger partial charge is 0.241 e. The zero-order chi connectivity index (χ0) is 18.8. The fraction of sp³-hybridized carbons (Fsp3) is 0.471. The van der Waals surface area contributed by atoms with Gasteiger partial charge in [-0.2, -0.15) is 4.37 Å². The molecule has 0 saturated heterocycles. The van der Waals surface area contributed by atoms with Crippen molar-refractivity contribution in [2.45, 2.75) is 58.9 Å². The maximum atomic E-state index is 12.2. The van der Waals surface area contributed by atoms with Crippen LogP contribution in [0.1, 0.15) is 58.2 Å². The Morgan fingerprint density at radius 1 is 1.17 bits per heavy atom. The molecule has 0 spiro atoms. The highest BCUT2D eigenvalue weighted by atomic mass is 35.5. The first-order chi connectivity index (χ1) is 11.4. The molecule has 0 aliphatic carbocycles. The van der Waals surface area contributed by atoms with E-state index in [4.69, 9.17) is 11.6 Å². The van der Waals surface area contributed by atoms with Crippen LogP contribution in [0.3, 0.4) is 0 Å². The Hall–Kier alpha value is -0.950. The van der Waals surface area contributed by atoms with Crippen molar-refractivity contribution in [2.75, 3.05) is 0 Å². The molecule has 0 aliphatic heterocycles. The quantitative estimate of drug-likeness (QED) is 0.738. The summed E-state index contributed by atoms with van der Waals surface area (Å²) in [6, 6.07) is 7.63. The number of halogens is 1. The number of nitrogens with zero attached hydrogens (tertiary/aromatic N) is 1. The zero-order valence-electron chi connectivity index (χ0n) is 15.1. The fourth-order valence-electron chi connectivity index (χ4n) is 1.67. The van der Waals surface area contributed by atoms with Gasteiger partial charge in [-0.25, -0.2) is 13.1 Å². The predicted octanol–water partition coefficient (Wildman–Crippen LogP) is 5.45. The average Bonchev–Trinajstić information content (AvgIpc) is 3.08. The molecule has 2 rings (SSSR count). The number of nitrogens with one attached hydrogen (secondary N) is 1. The van der Waals surface area contributed by atoms with Crippen molar-refractivity contribution in [3.05, 3.63) is 45.9 Å². The summed E-state index contributed by atoms with van der Waals surface area (Å²) in [6.07, 6.45) is 0.897. The normalized spacial score (nSPS) is 11.6. The summed E-state index contributed by atoms with van der Waals surface area (Å²) < 4.78 is 31.3. The van der Waals surface area contributed by atoms with Crippen molar-refractivity contribution in [2.24, 2.45) is 0 Å². The third-order valence-electron chi connectivity index (χ3n) is 2.83. The van der Waals surface area contributed by atoms with Crippen LogP contribution in [-0.4, -0.2) is 12.8 Å². The summed E-state index contributed by atoms with van der Waals surface area (Å²) in [4.78, 5) is 1.33. The van der Waals surface area contributed by atoms with E-state index in [1.54, 1.807) is 19.1 Å². The SMILES string of the molecule is CC.CC.CCc1cc(C(C)NS(=O)(=O)c2ccc(Cl)cc2)ns1. The van der Waals surface area contributed by atoms with E-state index in [1.807, 2.05) is 40.7 Å². The van der Waals surface area contributed by atoms with Crippen molar-refractivity contribution in [3.8, 4) is 0 Å². The molecule has 2 aromatic rings. The van der Waals surface area contributed by atoms with E-state index in [0.717, 1.165) is 17.0 Å². The summed E-state index contributed by atoms with van der Waals surface area (Å²) in [5.74, 6) is 0. The lowest BCUT2D eigenvalue weighted by molar-refractivity contribution is 0.565. The standard InChI is InChI=1S/C13H15ClN2O2S2.2C2H6/c1-3-11-8-13(15-19-11)9(2)16-20(17,18)12-6-4-10(14)5-7-12;2*1-2/h4-9,16H,3H2,1-2H3;2*1-2H3. The van der Waals surface area contributed by atoms with E-state index in [2.05, 4.69) is 9.10 Å². The van der Waals surface area contributed by atoms with Crippen LogP contribution in [0.5, 0.6) is 0 Å². The topological polar surface area (TPSA) is 59.1 Å². The molecule has 0 amide bonds. The lowest BCUT2D eigenvalue weighted by atomic mass is 10.2. The second-order valence-corrected chi connectivity index (χ2v) is 7.41. The third-order valence-corrected chi connectivity index (χ3v) is 5.58. The summed E-state index contributed by atoms with van der Waals surface area (Å²) in [7, 11) is -3.57. The molecule has 1 unspecified atom stereocenters. The predicted molar refractivity (Wildman–Crippen MR) is 104 cm³/mol. The van der Waals surface area contributed by atoms with Gasteiger partial charge in [0.25, 0.3) is 0 Å². The fourth-order valence-corrected chi connectivity index (χ4v) is 3.75. The molecule has 1 atom stereocenters. The smallest absolute Gasteiger partial charge is 0.207 e. The van der Waals surface area contributed by atoms with Gasteiger partial charge in [0.2, 0.25) is 10.0 Å². The van der Waals surface area contributed by atoms with E-state index >= 15 is 0 Å². The summed E-state index contributed by atoms with van der Waals surface area (Å²) in [5.41, 5.74) is 0.740. The number of hydrogen-bond donors (Lipinski definition) is 1. The van der Waals surface area contributed by atoms with Crippen LogP contribution in [0.25, 0.3) is 0 Å². The minimum absolute atomic E-state index is 0.194. The monoisotopic (exact) mass is 390 g/mol. The molecule has 1 N–H and O–H groups in total. The zero-order valence-corrected chi connectivity index (χ0v) is 17.5. The molecular weight excluding hydrogens is 364 g/mol. The molecule has 136 valence electrons. The average molecular weight is 391 g/mol. The van der Waals surface area contributed by atoms with E-state index < -0.39 is 10.0 Å². The molecule has 0 saturated carbocycles. The first kappa shape index (κ1) is 23.1. The van der Waals surface area contributed by atoms with Crippen LogP contribution >= 0.6 is 23.1 Å². The van der Waals surface area contributed by atoms with Gasteiger partial charge in [-0.15, -0.1) is 0 Å². The Morgan fingerprint density at radius 3 is 2.17 bits per heavy atom. The molecule has 24 heavy (non-hydrogen) atoms. The molecule has 0 radical (unpaired) electrons. The summed E-state index contributed by atoms with van der Waals surface area (Å²) in [6.45, 7) is 11.8. The maximum absolute atomic E-state index is 12.2. The maximum Gasteiger partial charge on any atom is 0.241 e.